The van der Waals surface area contributed by atoms with Crippen molar-refractivity contribution in [3.8, 4) is 11.1 Å². The molecule has 2 N–H and O–H groups in total. The molecule has 0 amide bonds. The Kier molecular flexibility index (Phi) is 7.30. The Balaban J connectivity index is 2.33. The molecule has 4 nitrogen and oxygen atoms in total. The van der Waals surface area contributed by atoms with Crippen LogP contribution in [0.2, 0.25) is 5.02 Å². The van der Waals surface area contributed by atoms with Gasteiger partial charge in [-0.1, -0.05) is 11.6 Å². The minimum absolute atomic E-state index is 0.0324. The van der Waals surface area contributed by atoms with E-state index in [1.54, 1.807) is 6.92 Å². The molecule has 1 heterocycles. The average molecular weight is 519 g/mol. The first kappa shape index (κ1) is 26.3. The van der Waals surface area contributed by atoms with Gasteiger partial charge in [0.25, 0.3) is 0 Å². The maximum Gasteiger partial charge on any atom is 0.416 e. The topological polar surface area (TPSA) is 52.0 Å². The number of hydrogen-bond donors (Lipinski definition) is 2. The second kappa shape index (κ2) is 9.73. The van der Waals surface area contributed by atoms with E-state index in [-0.39, 0.29) is 39.3 Å². The van der Waals surface area contributed by atoms with Gasteiger partial charge in [0.05, 0.1) is 28.0 Å². The van der Waals surface area contributed by atoms with Crippen LogP contribution < -0.4 is 10.2 Å². The van der Waals surface area contributed by atoms with Crippen molar-refractivity contribution in [3.05, 3.63) is 70.1 Å². The monoisotopic (exact) mass is 518 g/mol. The van der Waals surface area contributed by atoms with Crippen molar-refractivity contribution in [1.82, 2.24) is 4.98 Å². The predicted octanol–water partition coefficient (Wildman–Crippen LogP) is 7.78. The van der Waals surface area contributed by atoms with Crippen molar-refractivity contribution in [3.63, 3.8) is 0 Å². The van der Waals surface area contributed by atoms with Crippen LogP contribution in [0.15, 0.2) is 42.6 Å². The Bertz CT molecular complexity index is 1220. The van der Waals surface area contributed by atoms with E-state index in [1.165, 1.54) is 19.3 Å². The zero-order chi connectivity index (χ0) is 26.1. The van der Waals surface area contributed by atoms with Gasteiger partial charge < -0.3 is 15.6 Å². The Morgan fingerprint density at radius 1 is 1.03 bits per heavy atom. The minimum atomic E-state index is -5.03. The molecule has 2 aromatic carbocycles. The molecule has 186 valence electrons. The minimum Gasteiger partial charge on any atom is -0.370 e. The van der Waals surface area contributed by atoms with Gasteiger partial charge in [-0.3, -0.25) is 0 Å². The van der Waals surface area contributed by atoms with Crippen LogP contribution in [0.4, 0.5) is 47.9 Å². The third-order valence-electron chi connectivity index (χ3n) is 5.11. The molecule has 3 aromatic rings. The van der Waals surface area contributed by atoms with Crippen LogP contribution >= 0.6 is 11.6 Å². The van der Waals surface area contributed by atoms with Crippen LogP contribution in [0.25, 0.3) is 11.1 Å². The molecule has 12 heteroatoms. The van der Waals surface area contributed by atoms with Gasteiger partial charge in [0.1, 0.15) is 11.6 Å². The Hall–Kier alpha value is -3.34. The summed E-state index contributed by atoms with van der Waals surface area (Å²) in [6, 6.07) is 4.60. The first-order valence-electron chi connectivity index (χ1n) is 10.0. The van der Waals surface area contributed by atoms with Gasteiger partial charge >= 0.3 is 12.4 Å². The molecular weight excluding hydrogens is 501 g/mol. The summed E-state index contributed by atoms with van der Waals surface area (Å²) in [5, 5.41) is 10.8. The lowest BCUT2D eigenvalue weighted by Gasteiger charge is -2.26. The van der Waals surface area contributed by atoms with Crippen LogP contribution in [-0.4, -0.2) is 24.8 Å². The fraction of sp³-hybridized carbons (Fsp3) is 0.217. The number of anilines is 3. The fourth-order valence-electron chi connectivity index (χ4n) is 3.47. The molecule has 3 rings (SSSR count). The van der Waals surface area contributed by atoms with Gasteiger partial charge in [-0.2, -0.15) is 26.3 Å². The predicted molar refractivity (Wildman–Crippen MR) is 121 cm³/mol. The standard InChI is InChI=1S/C23H18ClF7N4/c1-3-33-21-17(10-32)20(16-5-4-14(25)9-18(16)24)19(11-34-21)35(2)15-7-12(22(26,27)28)6-13(8-15)23(29,30)31/h4-11,32H,3H2,1-2H3,(H,33,34). The van der Waals surface area contributed by atoms with Crippen molar-refractivity contribution >= 4 is 35.0 Å². The number of aromatic nitrogens is 1. The van der Waals surface area contributed by atoms with E-state index in [4.69, 9.17) is 17.0 Å². The maximum atomic E-state index is 13.7. The lowest BCUT2D eigenvalue weighted by Crippen LogP contribution is -2.17. The Labute approximate surface area is 200 Å². The van der Waals surface area contributed by atoms with Crippen molar-refractivity contribution in [2.24, 2.45) is 0 Å². The molecule has 0 unspecified atom stereocenters. The average Bonchev–Trinajstić information content (AvgIpc) is 2.77. The molecule has 0 saturated carbocycles. The van der Waals surface area contributed by atoms with E-state index >= 15 is 0 Å². The first-order valence-corrected chi connectivity index (χ1v) is 10.4. The molecule has 0 atom stereocenters. The normalized spacial score (nSPS) is 11.9. The lowest BCUT2D eigenvalue weighted by atomic mass is 9.98. The van der Waals surface area contributed by atoms with E-state index in [9.17, 15) is 30.7 Å². The summed E-state index contributed by atoms with van der Waals surface area (Å²) >= 11 is 6.24. The van der Waals surface area contributed by atoms with E-state index in [0.717, 1.165) is 23.2 Å². The fourth-order valence-corrected chi connectivity index (χ4v) is 3.73. The Morgan fingerprint density at radius 2 is 1.63 bits per heavy atom. The summed E-state index contributed by atoms with van der Waals surface area (Å²) in [6.45, 7) is 2.17. The van der Waals surface area contributed by atoms with Gasteiger partial charge in [-0.05, 0) is 43.3 Å². The number of halogens is 8. The SMILES string of the molecule is CCNc1ncc(N(C)c2cc(C(F)(F)F)cc(C(F)(F)F)c2)c(-c2ccc(F)cc2Cl)c1C=N. The second-order valence-corrected chi connectivity index (χ2v) is 7.81. The number of nitrogens with one attached hydrogen (secondary N) is 2. The number of benzene rings is 2. The summed E-state index contributed by atoms with van der Waals surface area (Å²) in [7, 11) is 1.26. The second-order valence-electron chi connectivity index (χ2n) is 7.40. The van der Waals surface area contributed by atoms with Gasteiger partial charge in [0.15, 0.2) is 0 Å². The van der Waals surface area contributed by atoms with Gasteiger partial charge in [0.2, 0.25) is 0 Å². The van der Waals surface area contributed by atoms with Crippen LogP contribution in [-0.2, 0) is 12.4 Å². The molecule has 0 saturated heterocycles. The number of alkyl halides is 6. The van der Waals surface area contributed by atoms with Crippen molar-refractivity contribution in [2.75, 3.05) is 23.8 Å². The zero-order valence-corrected chi connectivity index (χ0v) is 19.0. The highest BCUT2D eigenvalue weighted by Gasteiger charge is 2.37. The molecule has 0 radical (unpaired) electrons. The third kappa shape index (κ3) is 5.50. The zero-order valence-electron chi connectivity index (χ0n) is 18.2. The highest BCUT2D eigenvalue weighted by Crippen LogP contribution is 2.44. The molecular formula is C23H18ClF7N4. The summed E-state index contributed by atoms with van der Waals surface area (Å²) in [5.74, 6) is -0.422. The smallest absolute Gasteiger partial charge is 0.370 e. The van der Waals surface area contributed by atoms with E-state index in [0.29, 0.717) is 18.7 Å². The maximum absolute atomic E-state index is 13.7. The molecule has 0 aliphatic heterocycles. The molecule has 0 spiro atoms. The van der Waals surface area contributed by atoms with E-state index < -0.39 is 35.0 Å². The van der Waals surface area contributed by atoms with Gasteiger partial charge in [0, 0.05) is 42.2 Å². The quantitative estimate of drug-likeness (QED) is 0.259. The molecule has 0 aliphatic rings. The molecule has 0 bridgehead atoms. The summed E-state index contributed by atoms with van der Waals surface area (Å²) in [4.78, 5) is 5.27. The number of pyridine rings is 1. The van der Waals surface area contributed by atoms with E-state index in [1.807, 2.05) is 0 Å². The summed E-state index contributed by atoms with van der Waals surface area (Å²) in [6.07, 6.45) is -7.92. The molecule has 35 heavy (non-hydrogen) atoms. The lowest BCUT2D eigenvalue weighted by molar-refractivity contribution is -0.143. The third-order valence-corrected chi connectivity index (χ3v) is 5.42. The van der Waals surface area contributed by atoms with E-state index in [2.05, 4.69) is 10.3 Å². The summed E-state index contributed by atoms with van der Waals surface area (Å²) in [5.41, 5.74) is -2.82. The highest BCUT2D eigenvalue weighted by atomic mass is 35.5. The molecule has 0 aliphatic carbocycles. The first-order chi connectivity index (χ1) is 16.3. The van der Waals surface area contributed by atoms with Crippen molar-refractivity contribution in [1.29, 1.82) is 5.41 Å². The summed E-state index contributed by atoms with van der Waals surface area (Å²) < 4.78 is 94.1. The van der Waals surface area contributed by atoms with Crippen molar-refractivity contribution < 1.29 is 30.7 Å². The van der Waals surface area contributed by atoms with Crippen LogP contribution in [0.1, 0.15) is 23.6 Å². The van der Waals surface area contributed by atoms with Gasteiger partial charge in [-0.25, -0.2) is 9.37 Å². The number of hydrogen-bond acceptors (Lipinski definition) is 4. The largest absolute Gasteiger partial charge is 0.416 e. The van der Waals surface area contributed by atoms with Crippen LogP contribution in [0.3, 0.4) is 0 Å². The van der Waals surface area contributed by atoms with Crippen LogP contribution in [0, 0.1) is 11.2 Å². The van der Waals surface area contributed by atoms with Crippen LogP contribution in [0.5, 0.6) is 0 Å². The van der Waals surface area contributed by atoms with Crippen molar-refractivity contribution in [2.45, 2.75) is 19.3 Å². The molecule has 0 fully saturated rings. The molecule has 1 aromatic heterocycles. The Morgan fingerprint density at radius 3 is 2.11 bits per heavy atom. The highest BCUT2D eigenvalue weighted by molar-refractivity contribution is 6.33. The number of rotatable bonds is 6. The number of nitrogens with zero attached hydrogens (tertiary/aromatic N) is 2. The van der Waals surface area contributed by atoms with Gasteiger partial charge in [-0.15, -0.1) is 0 Å².